The van der Waals surface area contributed by atoms with Gasteiger partial charge in [0.1, 0.15) is 0 Å². The topological polar surface area (TPSA) is 66.4 Å². The number of carboxylic acid groups (broad SMARTS) is 1. The highest BCUT2D eigenvalue weighted by molar-refractivity contribution is 9.10. The summed E-state index contributed by atoms with van der Waals surface area (Å²) in [5.41, 5.74) is 1.70. The number of carboxylic acids is 1. The third kappa shape index (κ3) is 3.39. The maximum atomic E-state index is 12.3. The molecule has 5 heteroatoms. The third-order valence-electron chi connectivity index (χ3n) is 3.87. The van der Waals surface area contributed by atoms with E-state index in [4.69, 9.17) is 0 Å². The van der Waals surface area contributed by atoms with Crippen molar-refractivity contribution >= 4 is 33.5 Å². The minimum Gasteiger partial charge on any atom is -0.481 e. The van der Waals surface area contributed by atoms with Gasteiger partial charge in [-0.3, -0.25) is 9.59 Å². The molecule has 2 atom stereocenters. The third-order valence-corrected chi connectivity index (χ3v) is 4.36. The van der Waals surface area contributed by atoms with Crippen LogP contribution in [0.25, 0.3) is 0 Å². The van der Waals surface area contributed by atoms with Gasteiger partial charge >= 0.3 is 5.97 Å². The van der Waals surface area contributed by atoms with Gasteiger partial charge in [-0.25, -0.2) is 0 Å². The van der Waals surface area contributed by atoms with E-state index in [0.29, 0.717) is 12.8 Å². The van der Waals surface area contributed by atoms with E-state index in [1.807, 2.05) is 25.1 Å². The highest BCUT2D eigenvalue weighted by Gasteiger charge is 2.35. The first-order valence-corrected chi connectivity index (χ1v) is 7.58. The van der Waals surface area contributed by atoms with Crippen LogP contribution in [0, 0.1) is 18.8 Å². The van der Waals surface area contributed by atoms with Crippen LogP contribution in [0.15, 0.2) is 22.7 Å². The van der Waals surface area contributed by atoms with Crippen LogP contribution in [0.2, 0.25) is 0 Å². The van der Waals surface area contributed by atoms with Crippen molar-refractivity contribution < 1.29 is 14.7 Å². The fourth-order valence-electron chi connectivity index (χ4n) is 2.73. The van der Waals surface area contributed by atoms with Crippen LogP contribution in [0.1, 0.15) is 31.2 Å². The molecule has 0 bridgehead atoms. The molecule has 0 aromatic heterocycles. The fraction of sp³-hybridized carbons (Fsp3) is 0.467. The van der Waals surface area contributed by atoms with E-state index < -0.39 is 17.8 Å². The Labute approximate surface area is 126 Å². The molecule has 0 spiro atoms. The molecule has 4 nitrogen and oxygen atoms in total. The van der Waals surface area contributed by atoms with E-state index in [1.54, 1.807) is 0 Å². The lowest BCUT2D eigenvalue weighted by Gasteiger charge is -2.27. The van der Waals surface area contributed by atoms with Gasteiger partial charge in [0.25, 0.3) is 0 Å². The van der Waals surface area contributed by atoms with Gasteiger partial charge in [0.2, 0.25) is 5.91 Å². The number of hydrogen-bond acceptors (Lipinski definition) is 2. The molecule has 1 aliphatic carbocycles. The van der Waals surface area contributed by atoms with Crippen molar-refractivity contribution in [1.29, 1.82) is 0 Å². The largest absolute Gasteiger partial charge is 0.481 e. The van der Waals surface area contributed by atoms with Crippen molar-refractivity contribution in [2.75, 3.05) is 5.32 Å². The Morgan fingerprint density at radius 1 is 1.25 bits per heavy atom. The maximum absolute atomic E-state index is 12.3. The van der Waals surface area contributed by atoms with Gasteiger partial charge in [-0.15, -0.1) is 0 Å². The number of aliphatic carboxylic acids is 1. The van der Waals surface area contributed by atoms with Gasteiger partial charge in [0, 0.05) is 10.2 Å². The minimum absolute atomic E-state index is 0.178. The molecule has 0 radical (unpaired) electrons. The number of rotatable bonds is 3. The summed E-state index contributed by atoms with van der Waals surface area (Å²) in [7, 11) is 0. The molecule has 0 heterocycles. The van der Waals surface area contributed by atoms with Crippen LogP contribution in [0.5, 0.6) is 0 Å². The van der Waals surface area contributed by atoms with E-state index in [-0.39, 0.29) is 5.91 Å². The molecular weight excluding hydrogens is 322 g/mol. The molecule has 2 rings (SSSR count). The van der Waals surface area contributed by atoms with Crippen LogP contribution in [-0.4, -0.2) is 17.0 Å². The zero-order valence-corrected chi connectivity index (χ0v) is 12.9. The lowest BCUT2D eigenvalue weighted by Crippen LogP contribution is -2.36. The van der Waals surface area contributed by atoms with Gasteiger partial charge < -0.3 is 10.4 Å². The molecule has 1 aromatic rings. The minimum atomic E-state index is -0.864. The quantitative estimate of drug-likeness (QED) is 0.884. The molecule has 0 aliphatic heterocycles. The first-order valence-electron chi connectivity index (χ1n) is 6.79. The molecular formula is C15H18BrNO3. The second-order valence-corrected chi connectivity index (χ2v) is 6.20. The Morgan fingerprint density at radius 2 is 1.90 bits per heavy atom. The SMILES string of the molecule is Cc1cc(Br)ccc1NC(=O)[C@H]1CCCC[C@H]1C(=O)O. The standard InChI is InChI=1S/C15H18BrNO3/c1-9-8-10(16)6-7-13(9)17-14(18)11-4-2-3-5-12(11)15(19)20/h6-8,11-12H,2-5H2,1H3,(H,17,18)(H,19,20)/t11-,12+/m0/s1. The van der Waals surface area contributed by atoms with Gasteiger partial charge in [-0.1, -0.05) is 28.8 Å². The number of anilines is 1. The Morgan fingerprint density at radius 3 is 2.50 bits per heavy atom. The average molecular weight is 340 g/mol. The van der Waals surface area contributed by atoms with Gasteiger partial charge in [-0.05, 0) is 43.5 Å². The summed E-state index contributed by atoms with van der Waals surface area (Å²) in [5, 5.41) is 12.1. The number of halogens is 1. The number of amides is 1. The zero-order chi connectivity index (χ0) is 14.7. The second kappa shape index (κ2) is 6.39. The predicted molar refractivity (Wildman–Crippen MR) is 80.6 cm³/mol. The van der Waals surface area contributed by atoms with Crippen LogP contribution in [0.3, 0.4) is 0 Å². The Kier molecular flexibility index (Phi) is 4.81. The molecule has 20 heavy (non-hydrogen) atoms. The lowest BCUT2D eigenvalue weighted by molar-refractivity contribution is -0.147. The zero-order valence-electron chi connectivity index (χ0n) is 11.4. The molecule has 1 saturated carbocycles. The summed E-state index contributed by atoms with van der Waals surface area (Å²) in [6.45, 7) is 1.91. The molecule has 1 aromatic carbocycles. The molecule has 1 amide bonds. The smallest absolute Gasteiger partial charge is 0.307 e. The van der Waals surface area contributed by atoms with E-state index in [0.717, 1.165) is 28.6 Å². The highest BCUT2D eigenvalue weighted by Crippen LogP contribution is 2.31. The van der Waals surface area contributed by atoms with Crippen molar-refractivity contribution in [3.63, 3.8) is 0 Å². The lowest BCUT2D eigenvalue weighted by atomic mass is 9.78. The maximum Gasteiger partial charge on any atom is 0.307 e. The van der Waals surface area contributed by atoms with Crippen molar-refractivity contribution in [2.24, 2.45) is 11.8 Å². The van der Waals surface area contributed by atoms with Crippen LogP contribution < -0.4 is 5.32 Å². The normalized spacial score (nSPS) is 22.3. The van der Waals surface area contributed by atoms with E-state index in [9.17, 15) is 14.7 Å². The molecule has 1 aliphatic rings. The van der Waals surface area contributed by atoms with E-state index in [1.165, 1.54) is 0 Å². The average Bonchev–Trinajstić information content (AvgIpc) is 2.41. The van der Waals surface area contributed by atoms with Gasteiger partial charge in [-0.2, -0.15) is 0 Å². The van der Waals surface area contributed by atoms with E-state index in [2.05, 4.69) is 21.2 Å². The Hall–Kier alpha value is -1.36. The highest BCUT2D eigenvalue weighted by atomic mass is 79.9. The van der Waals surface area contributed by atoms with Crippen molar-refractivity contribution in [1.82, 2.24) is 0 Å². The molecule has 2 N–H and O–H groups in total. The first kappa shape index (κ1) is 15.0. The first-order chi connectivity index (χ1) is 9.49. The van der Waals surface area contributed by atoms with Crippen molar-refractivity contribution in [3.05, 3.63) is 28.2 Å². The van der Waals surface area contributed by atoms with Crippen molar-refractivity contribution in [2.45, 2.75) is 32.6 Å². The number of nitrogens with one attached hydrogen (secondary N) is 1. The van der Waals surface area contributed by atoms with Crippen LogP contribution >= 0.6 is 15.9 Å². The van der Waals surface area contributed by atoms with Gasteiger partial charge in [0.15, 0.2) is 0 Å². The summed E-state index contributed by atoms with van der Waals surface area (Å²) in [6.07, 6.45) is 3.05. The molecule has 1 fully saturated rings. The summed E-state index contributed by atoms with van der Waals surface area (Å²) in [6, 6.07) is 5.61. The Bertz CT molecular complexity index is 530. The summed E-state index contributed by atoms with van der Waals surface area (Å²) < 4.78 is 0.953. The Balaban J connectivity index is 2.12. The monoisotopic (exact) mass is 339 g/mol. The van der Waals surface area contributed by atoms with Crippen molar-refractivity contribution in [3.8, 4) is 0 Å². The number of benzene rings is 1. The van der Waals surface area contributed by atoms with E-state index >= 15 is 0 Å². The fourth-order valence-corrected chi connectivity index (χ4v) is 3.21. The number of aryl methyl sites for hydroxylation is 1. The number of carbonyl (C=O) groups excluding carboxylic acids is 1. The summed E-state index contributed by atoms with van der Waals surface area (Å²) >= 11 is 3.38. The molecule has 0 saturated heterocycles. The molecule has 0 unspecified atom stereocenters. The second-order valence-electron chi connectivity index (χ2n) is 5.28. The number of hydrogen-bond donors (Lipinski definition) is 2. The van der Waals surface area contributed by atoms with Gasteiger partial charge in [0.05, 0.1) is 11.8 Å². The van der Waals surface area contributed by atoms with Crippen LogP contribution in [-0.2, 0) is 9.59 Å². The summed E-state index contributed by atoms with van der Waals surface area (Å²) in [4.78, 5) is 23.6. The molecule has 108 valence electrons. The van der Waals surface area contributed by atoms with Crippen LogP contribution in [0.4, 0.5) is 5.69 Å². The summed E-state index contributed by atoms with van der Waals surface area (Å²) in [5.74, 6) is -2.02. The predicted octanol–water partition coefficient (Wildman–Crippen LogP) is 3.59. The number of carbonyl (C=O) groups is 2.